The Balaban J connectivity index is 2.11. The fourth-order valence-electron chi connectivity index (χ4n) is 3.26. The van der Waals surface area contributed by atoms with Gasteiger partial charge in [-0.15, -0.1) is 0 Å². The standard InChI is InChI=1S/C17H35N/c1-14(2)8-7-9-16-12-17(5,13-16)10-11-18(6)15(3)4/h14-16H,7-13H2,1-6H3. The molecule has 0 bridgehead atoms. The molecule has 1 rings (SSSR count). The third-order valence-corrected chi connectivity index (χ3v) is 4.91. The fourth-order valence-corrected chi connectivity index (χ4v) is 3.26. The minimum atomic E-state index is 0.658. The maximum Gasteiger partial charge on any atom is 0.00355 e. The maximum atomic E-state index is 2.50. The van der Waals surface area contributed by atoms with Gasteiger partial charge in [0.05, 0.1) is 0 Å². The zero-order valence-corrected chi connectivity index (χ0v) is 13.6. The van der Waals surface area contributed by atoms with E-state index in [4.69, 9.17) is 0 Å². The van der Waals surface area contributed by atoms with Crippen LogP contribution in [0.1, 0.15) is 73.1 Å². The highest BCUT2D eigenvalue weighted by Crippen LogP contribution is 2.49. The molecule has 0 aromatic rings. The van der Waals surface area contributed by atoms with Crippen LogP contribution in [0, 0.1) is 17.3 Å². The quantitative estimate of drug-likeness (QED) is 0.591. The van der Waals surface area contributed by atoms with Crippen molar-refractivity contribution in [1.29, 1.82) is 0 Å². The van der Waals surface area contributed by atoms with Gasteiger partial charge >= 0.3 is 0 Å². The third kappa shape index (κ3) is 5.30. The normalized spacial score (nSPS) is 28.2. The Morgan fingerprint density at radius 3 is 2.28 bits per heavy atom. The highest BCUT2D eigenvalue weighted by molar-refractivity contribution is 4.90. The summed E-state index contributed by atoms with van der Waals surface area (Å²) in [5.74, 6) is 1.93. The van der Waals surface area contributed by atoms with Crippen molar-refractivity contribution in [3.05, 3.63) is 0 Å². The van der Waals surface area contributed by atoms with E-state index in [1.54, 1.807) is 0 Å². The lowest BCUT2D eigenvalue weighted by Crippen LogP contribution is -2.38. The van der Waals surface area contributed by atoms with E-state index in [9.17, 15) is 0 Å². The van der Waals surface area contributed by atoms with Crippen molar-refractivity contribution in [2.75, 3.05) is 13.6 Å². The van der Waals surface area contributed by atoms with E-state index >= 15 is 0 Å². The highest BCUT2D eigenvalue weighted by Gasteiger charge is 2.39. The summed E-state index contributed by atoms with van der Waals surface area (Å²) in [7, 11) is 2.26. The molecule has 1 saturated carbocycles. The minimum Gasteiger partial charge on any atom is -0.304 e. The molecule has 0 saturated heterocycles. The first kappa shape index (κ1) is 16.0. The molecular weight excluding hydrogens is 218 g/mol. The van der Waals surface area contributed by atoms with Crippen LogP contribution < -0.4 is 0 Å². The first-order valence-corrected chi connectivity index (χ1v) is 8.02. The van der Waals surface area contributed by atoms with Gasteiger partial charge in [-0.25, -0.2) is 0 Å². The third-order valence-electron chi connectivity index (χ3n) is 4.91. The predicted octanol–water partition coefficient (Wildman–Crippen LogP) is 4.96. The van der Waals surface area contributed by atoms with Crippen molar-refractivity contribution in [2.45, 2.75) is 79.2 Å². The summed E-state index contributed by atoms with van der Waals surface area (Å²) < 4.78 is 0. The molecule has 1 nitrogen and oxygen atoms in total. The molecule has 0 unspecified atom stereocenters. The van der Waals surface area contributed by atoms with Crippen molar-refractivity contribution in [3.63, 3.8) is 0 Å². The molecule has 108 valence electrons. The van der Waals surface area contributed by atoms with E-state index in [0.29, 0.717) is 11.5 Å². The Kier molecular flexibility index (Phi) is 6.17. The SMILES string of the molecule is CC(C)CCCC1CC(C)(CCN(C)C(C)C)C1. The number of nitrogens with zero attached hydrogens (tertiary/aromatic N) is 1. The van der Waals surface area contributed by atoms with Gasteiger partial charge in [0.15, 0.2) is 0 Å². The van der Waals surface area contributed by atoms with E-state index in [1.165, 1.54) is 45.1 Å². The van der Waals surface area contributed by atoms with Gasteiger partial charge in [-0.2, -0.15) is 0 Å². The van der Waals surface area contributed by atoms with Crippen molar-refractivity contribution in [3.8, 4) is 0 Å². The molecule has 0 spiro atoms. The first-order valence-electron chi connectivity index (χ1n) is 8.02. The Morgan fingerprint density at radius 1 is 1.17 bits per heavy atom. The topological polar surface area (TPSA) is 3.24 Å². The molecule has 1 aliphatic rings. The molecule has 0 heterocycles. The van der Waals surface area contributed by atoms with E-state index in [0.717, 1.165) is 11.8 Å². The summed E-state index contributed by atoms with van der Waals surface area (Å²) in [5.41, 5.74) is 0.658. The molecule has 0 amide bonds. The summed E-state index contributed by atoms with van der Waals surface area (Å²) in [6.07, 6.45) is 8.71. The van der Waals surface area contributed by atoms with Crippen LogP contribution >= 0.6 is 0 Å². The molecular formula is C17H35N. The molecule has 18 heavy (non-hydrogen) atoms. The second kappa shape index (κ2) is 6.93. The summed E-state index contributed by atoms with van der Waals surface area (Å²) in [4.78, 5) is 2.48. The fraction of sp³-hybridized carbons (Fsp3) is 1.00. The van der Waals surface area contributed by atoms with Crippen LogP contribution in [0.4, 0.5) is 0 Å². The van der Waals surface area contributed by atoms with Crippen LogP contribution in [0.15, 0.2) is 0 Å². The van der Waals surface area contributed by atoms with Crippen LogP contribution in [0.3, 0.4) is 0 Å². The van der Waals surface area contributed by atoms with E-state index < -0.39 is 0 Å². The van der Waals surface area contributed by atoms with E-state index in [1.807, 2.05) is 0 Å². The summed E-state index contributed by atoms with van der Waals surface area (Å²) in [6.45, 7) is 13.0. The highest BCUT2D eigenvalue weighted by atomic mass is 15.1. The lowest BCUT2D eigenvalue weighted by molar-refractivity contribution is 0.0449. The minimum absolute atomic E-state index is 0.658. The smallest absolute Gasteiger partial charge is 0.00355 e. The molecule has 1 fully saturated rings. The van der Waals surface area contributed by atoms with Gasteiger partial charge in [0.1, 0.15) is 0 Å². The molecule has 0 atom stereocenters. The van der Waals surface area contributed by atoms with Gasteiger partial charge < -0.3 is 4.90 Å². The van der Waals surface area contributed by atoms with Gasteiger partial charge in [-0.3, -0.25) is 0 Å². The summed E-state index contributed by atoms with van der Waals surface area (Å²) in [6, 6.07) is 0.690. The average Bonchev–Trinajstić information content (AvgIpc) is 2.22. The van der Waals surface area contributed by atoms with Gasteiger partial charge in [0.25, 0.3) is 0 Å². The van der Waals surface area contributed by atoms with Crippen LogP contribution in [0.5, 0.6) is 0 Å². The second-order valence-electron chi connectivity index (χ2n) is 7.73. The zero-order chi connectivity index (χ0) is 13.8. The van der Waals surface area contributed by atoms with Crippen LogP contribution in [-0.2, 0) is 0 Å². The molecule has 1 heteroatoms. The van der Waals surface area contributed by atoms with Gasteiger partial charge in [0.2, 0.25) is 0 Å². The van der Waals surface area contributed by atoms with Gasteiger partial charge in [-0.05, 0) is 64.0 Å². The van der Waals surface area contributed by atoms with Crippen molar-refractivity contribution < 1.29 is 0 Å². The lowest BCUT2D eigenvalue weighted by Gasteiger charge is -2.46. The average molecular weight is 253 g/mol. The second-order valence-corrected chi connectivity index (χ2v) is 7.73. The van der Waals surface area contributed by atoms with Gasteiger partial charge in [-0.1, -0.05) is 40.0 Å². The molecule has 1 aliphatic carbocycles. The zero-order valence-electron chi connectivity index (χ0n) is 13.6. The van der Waals surface area contributed by atoms with Crippen molar-refractivity contribution in [1.82, 2.24) is 4.90 Å². The number of hydrogen-bond acceptors (Lipinski definition) is 1. The number of hydrogen-bond donors (Lipinski definition) is 0. The largest absolute Gasteiger partial charge is 0.304 e. The summed E-state index contributed by atoms with van der Waals surface area (Å²) >= 11 is 0. The maximum absolute atomic E-state index is 2.50. The van der Waals surface area contributed by atoms with E-state index in [-0.39, 0.29) is 0 Å². The van der Waals surface area contributed by atoms with Gasteiger partial charge in [0, 0.05) is 6.04 Å². The van der Waals surface area contributed by atoms with Crippen molar-refractivity contribution >= 4 is 0 Å². The Bertz CT molecular complexity index is 226. The molecule has 0 aromatic carbocycles. The lowest BCUT2D eigenvalue weighted by atomic mass is 9.60. The van der Waals surface area contributed by atoms with Crippen LogP contribution in [-0.4, -0.2) is 24.5 Å². The molecule has 0 aromatic heterocycles. The first-order chi connectivity index (χ1) is 8.32. The Morgan fingerprint density at radius 2 is 1.78 bits per heavy atom. The van der Waals surface area contributed by atoms with Crippen LogP contribution in [0.2, 0.25) is 0 Å². The van der Waals surface area contributed by atoms with Crippen molar-refractivity contribution in [2.24, 2.45) is 17.3 Å². The number of rotatable bonds is 8. The Hall–Kier alpha value is -0.0400. The molecule has 0 N–H and O–H groups in total. The van der Waals surface area contributed by atoms with E-state index in [2.05, 4.69) is 46.6 Å². The summed E-state index contributed by atoms with van der Waals surface area (Å²) in [5, 5.41) is 0. The molecule has 0 aliphatic heterocycles. The Labute approximate surface area is 115 Å². The molecule has 0 radical (unpaired) electrons. The monoisotopic (exact) mass is 253 g/mol. The predicted molar refractivity (Wildman–Crippen MR) is 81.9 cm³/mol. The van der Waals surface area contributed by atoms with Crippen LogP contribution in [0.25, 0.3) is 0 Å².